The molecule has 24 heavy (non-hydrogen) atoms. The molecule has 0 aliphatic heterocycles. The van der Waals surface area contributed by atoms with E-state index in [2.05, 4.69) is 26.6 Å². The van der Waals surface area contributed by atoms with Crippen molar-refractivity contribution in [2.75, 3.05) is 11.9 Å². The summed E-state index contributed by atoms with van der Waals surface area (Å²) in [7, 11) is 0. The molecular weight excluding hydrogens is 396 g/mol. The van der Waals surface area contributed by atoms with Crippen LogP contribution in [0.2, 0.25) is 0 Å². The molecule has 0 saturated heterocycles. The van der Waals surface area contributed by atoms with Gasteiger partial charge >= 0.3 is 5.97 Å². The average Bonchev–Trinajstić information content (AvgIpc) is 2.54. The molecule has 0 fully saturated rings. The summed E-state index contributed by atoms with van der Waals surface area (Å²) < 4.78 is 6.25. The third-order valence-corrected chi connectivity index (χ3v) is 3.56. The van der Waals surface area contributed by atoms with Crippen molar-refractivity contribution in [3.8, 4) is 5.75 Å². The Morgan fingerprint density at radius 2 is 1.71 bits per heavy atom. The molecule has 6 nitrogen and oxygen atoms in total. The van der Waals surface area contributed by atoms with Gasteiger partial charge in [0.05, 0.1) is 5.56 Å². The zero-order chi connectivity index (χ0) is 17.5. The zero-order valence-corrected chi connectivity index (χ0v) is 14.7. The minimum absolute atomic E-state index is 0.0995. The van der Waals surface area contributed by atoms with Crippen LogP contribution in [0.4, 0.5) is 5.69 Å². The number of ether oxygens (including phenoxy) is 1. The number of benzene rings is 2. The first kappa shape index (κ1) is 17.9. The molecule has 0 spiro atoms. The van der Waals surface area contributed by atoms with E-state index in [-0.39, 0.29) is 17.3 Å². The van der Waals surface area contributed by atoms with Crippen LogP contribution in [0, 0.1) is 0 Å². The number of carboxylic acid groups (broad SMARTS) is 1. The van der Waals surface area contributed by atoms with Crippen molar-refractivity contribution in [2.45, 2.75) is 0 Å². The largest absolute Gasteiger partial charge is 0.484 e. The van der Waals surface area contributed by atoms with E-state index < -0.39 is 11.9 Å². The van der Waals surface area contributed by atoms with E-state index >= 15 is 0 Å². The first-order chi connectivity index (χ1) is 11.4. The van der Waals surface area contributed by atoms with Gasteiger partial charge in [-0.2, -0.15) is 0 Å². The highest BCUT2D eigenvalue weighted by Gasteiger charge is 2.07. The van der Waals surface area contributed by atoms with Gasteiger partial charge in [-0.3, -0.25) is 10.1 Å². The summed E-state index contributed by atoms with van der Waals surface area (Å²) in [6.45, 7) is -0.179. The Kier molecular flexibility index (Phi) is 6.28. The maximum Gasteiger partial charge on any atom is 0.335 e. The van der Waals surface area contributed by atoms with Crippen LogP contribution in [0.15, 0.2) is 53.0 Å². The van der Waals surface area contributed by atoms with Crippen LogP contribution >= 0.6 is 28.1 Å². The van der Waals surface area contributed by atoms with E-state index in [1.807, 2.05) is 0 Å². The number of carbonyl (C=O) groups is 2. The Morgan fingerprint density at radius 3 is 2.29 bits per heavy atom. The Labute approximate surface area is 152 Å². The van der Waals surface area contributed by atoms with Crippen molar-refractivity contribution in [3.63, 3.8) is 0 Å². The van der Waals surface area contributed by atoms with Gasteiger partial charge in [0.15, 0.2) is 11.7 Å². The molecule has 3 N–H and O–H groups in total. The Hall–Kier alpha value is -2.45. The van der Waals surface area contributed by atoms with Gasteiger partial charge in [-0.1, -0.05) is 15.9 Å². The van der Waals surface area contributed by atoms with Gasteiger partial charge in [0, 0.05) is 10.2 Å². The second kappa shape index (κ2) is 8.42. The van der Waals surface area contributed by atoms with Gasteiger partial charge < -0.3 is 15.2 Å². The number of hydrogen-bond acceptors (Lipinski definition) is 4. The minimum Gasteiger partial charge on any atom is -0.484 e. The summed E-state index contributed by atoms with van der Waals surface area (Å²) in [4.78, 5) is 22.5. The fourth-order valence-corrected chi connectivity index (χ4v) is 2.20. The smallest absolute Gasteiger partial charge is 0.335 e. The van der Waals surface area contributed by atoms with Gasteiger partial charge in [-0.25, -0.2) is 4.79 Å². The summed E-state index contributed by atoms with van der Waals surface area (Å²) in [5.74, 6) is -0.850. The third-order valence-electron chi connectivity index (χ3n) is 2.83. The fraction of sp³-hybridized carbons (Fsp3) is 0.0625. The van der Waals surface area contributed by atoms with E-state index in [9.17, 15) is 9.59 Å². The van der Waals surface area contributed by atoms with Crippen LogP contribution in [-0.2, 0) is 4.79 Å². The summed E-state index contributed by atoms with van der Waals surface area (Å²) >= 11 is 8.33. The molecule has 2 aromatic rings. The molecular formula is C16H13BrN2O4S. The molecule has 0 saturated carbocycles. The SMILES string of the molecule is O=C(COc1ccc(Br)cc1)NC(=S)Nc1ccc(C(=O)O)cc1. The van der Waals surface area contributed by atoms with Crippen LogP contribution in [0.3, 0.4) is 0 Å². The number of thiocarbonyl (C=S) groups is 1. The number of aromatic carboxylic acids is 1. The van der Waals surface area contributed by atoms with E-state index in [1.54, 1.807) is 36.4 Å². The lowest BCUT2D eigenvalue weighted by Crippen LogP contribution is -2.37. The molecule has 0 radical (unpaired) electrons. The summed E-state index contributed by atoms with van der Waals surface area (Å²) in [6, 6.07) is 13.1. The van der Waals surface area contributed by atoms with Crippen LogP contribution in [-0.4, -0.2) is 28.7 Å². The minimum atomic E-state index is -1.01. The molecule has 2 rings (SSSR count). The second-order valence-corrected chi connectivity index (χ2v) is 5.95. The normalized spacial score (nSPS) is 9.88. The standard InChI is InChI=1S/C16H13BrN2O4S/c17-11-3-7-13(8-4-11)23-9-14(20)19-16(24)18-12-5-1-10(2-6-12)15(21)22/h1-8H,9H2,(H,21,22)(H2,18,19,20,24). The number of rotatable bonds is 5. The van der Waals surface area contributed by atoms with Gasteiger partial charge in [0.2, 0.25) is 0 Å². The van der Waals surface area contributed by atoms with Crippen molar-refractivity contribution < 1.29 is 19.4 Å². The molecule has 0 aliphatic carbocycles. The Morgan fingerprint density at radius 1 is 1.08 bits per heavy atom. The van der Waals surface area contributed by atoms with Crippen molar-refractivity contribution in [1.29, 1.82) is 0 Å². The number of carboxylic acids is 1. The molecule has 8 heteroatoms. The third kappa shape index (κ3) is 5.64. The molecule has 2 aromatic carbocycles. The highest BCUT2D eigenvalue weighted by molar-refractivity contribution is 9.10. The van der Waals surface area contributed by atoms with E-state index in [0.717, 1.165) is 4.47 Å². The van der Waals surface area contributed by atoms with Gasteiger partial charge in [-0.15, -0.1) is 0 Å². The monoisotopic (exact) mass is 408 g/mol. The Balaban J connectivity index is 1.79. The predicted octanol–water partition coefficient (Wildman–Crippen LogP) is 3.04. The summed E-state index contributed by atoms with van der Waals surface area (Å²) in [5, 5.41) is 14.2. The summed E-state index contributed by atoms with van der Waals surface area (Å²) in [5.41, 5.74) is 0.734. The number of halogens is 1. The lowest BCUT2D eigenvalue weighted by atomic mass is 10.2. The quantitative estimate of drug-likeness (QED) is 0.659. The number of nitrogens with one attached hydrogen (secondary N) is 2. The topological polar surface area (TPSA) is 87.7 Å². The van der Waals surface area contributed by atoms with E-state index in [4.69, 9.17) is 22.1 Å². The fourth-order valence-electron chi connectivity index (χ4n) is 1.70. The van der Waals surface area contributed by atoms with Crippen LogP contribution in [0.5, 0.6) is 5.75 Å². The van der Waals surface area contributed by atoms with Gasteiger partial charge in [-0.05, 0) is 60.7 Å². The zero-order valence-electron chi connectivity index (χ0n) is 12.3. The molecule has 0 heterocycles. The number of amides is 1. The van der Waals surface area contributed by atoms with Crippen molar-refractivity contribution in [3.05, 3.63) is 58.6 Å². The first-order valence-corrected chi connectivity index (χ1v) is 7.97. The summed E-state index contributed by atoms with van der Waals surface area (Å²) in [6.07, 6.45) is 0. The second-order valence-electron chi connectivity index (χ2n) is 4.63. The van der Waals surface area contributed by atoms with Gasteiger partial charge in [0.25, 0.3) is 5.91 Å². The molecule has 0 unspecified atom stereocenters. The van der Waals surface area contributed by atoms with Crippen molar-refractivity contribution in [2.24, 2.45) is 0 Å². The molecule has 1 amide bonds. The maximum absolute atomic E-state index is 11.8. The molecule has 0 aliphatic rings. The lowest BCUT2D eigenvalue weighted by molar-refractivity contribution is -0.121. The predicted molar refractivity (Wildman–Crippen MR) is 97.4 cm³/mol. The van der Waals surface area contributed by atoms with E-state index in [0.29, 0.717) is 11.4 Å². The number of anilines is 1. The highest BCUT2D eigenvalue weighted by Crippen LogP contribution is 2.15. The Bertz CT molecular complexity index is 748. The van der Waals surface area contributed by atoms with Crippen molar-refractivity contribution in [1.82, 2.24) is 5.32 Å². The van der Waals surface area contributed by atoms with Gasteiger partial charge in [0.1, 0.15) is 5.75 Å². The number of hydrogen-bond donors (Lipinski definition) is 3. The van der Waals surface area contributed by atoms with Crippen LogP contribution in [0.25, 0.3) is 0 Å². The molecule has 0 aromatic heterocycles. The average molecular weight is 409 g/mol. The maximum atomic E-state index is 11.8. The molecule has 0 bridgehead atoms. The first-order valence-electron chi connectivity index (χ1n) is 6.76. The number of carbonyl (C=O) groups excluding carboxylic acids is 1. The highest BCUT2D eigenvalue weighted by atomic mass is 79.9. The lowest BCUT2D eigenvalue weighted by Gasteiger charge is -2.10. The molecule has 0 atom stereocenters. The van der Waals surface area contributed by atoms with Crippen LogP contribution in [0.1, 0.15) is 10.4 Å². The van der Waals surface area contributed by atoms with E-state index in [1.165, 1.54) is 12.1 Å². The van der Waals surface area contributed by atoms with Crippen LogP contribution < -0.4 is 15.4 Å². The molecule has 124 valence electrons. The van der Waals surface area contributed by atoms with Crippen molar-refractivity contribution >= 4 is 50.8 Å².